The van der Waals surface area contributed by atoms with E-state index in [0.717, 1.165) is 69.0 Å². The van der Waals surface area contributed by atoms with Crippen LogP contribution in [0.2, 0.25) is 0 Å². The Morgan fingerprint density at radius 2 is 1.81 bits per heavy atom. The molecule has 0 unspecified atom stereocenters. The normalized spacial score (nSPS) is 16.5. The summed E-state index contributed by atoms with van der Waals surface area (Å²) < 4.78 is 33.2. The van der Waals surface area contributed by atoms with E-state index in [1.807, 2.05) is 36.6 Å². The number of likely N-dealkylation sites (N-methyl/N-ethyl adjacent to an activating group) is 1. The van der Waals surface area contributed by atoms with E-state index in [9.17, 15) is 13.2 Å². The third-order valence-electron chi connectivity index (χ3n) is 6.45. The Labute approximate surface area is 216 Å². The van der Waals surface area contributed by atoms with Crippen molar-refractivity contribution < 1.29 is 22.5 Å². The lowest BCUT2D eigenvalue weighted by Gasteiger charge is -2.36. The van der Waals surface area contributed by atoms with Crippen molar-refractivity contribution in [1.29, 1.82) is 0 Å². The van der Waals surface area contributed by atoms with Crippen molar-refractivity contribution >= 4 is 43.1 Å². The first-order chi connectivity index (χ1) is 17.2. The van der Waals surface area contributed by atoms with Gasteiger partial charge < -0.3 is 14.5 Å². The molecule has 8 nitrogen and oxygen atoms in total. The number of benzene rings is 2. The molecule has 0 atom stereocenters. The zero-order valence-electron chi connectivity index (χ0n) is 20.7. The number of hydrogen-bond acceptors (Lipinski definition) is 7. The largest absolute Gasteiger partial charge is 0.494 e. The molecule has 0 radical (unpaired) electrons. The van der Waals surface area contributed by atoms with Crippen LogP contribution >= 0.6 is 11.3 Å². The molecule has 3 aromatic rings. The maximum atomic E-state index is 12.4. The third-order valence-corrected chi connectivity index (χ3v) is 7.33. The van der Waals surface area contributed by atoms with Gasteiger partial charge in [-0.1, -0.05) is 12.1 Å². The quantitative estimate of drug-likeness (QED) is 0.384. The fourth-order valence-electron chi connectivity index (χ4n) is 4.60. The van der Waals surface area contributed by atoms with Crippen LogP contribution < -0.4 is 9.64 Å². The monoisotopic (exact) mass is 531 g/mol. The van der Waals surface area contributed by atoms with Crippen LogP contribution in [0.15, 0.2) is 47.8 Å². The first-order valence-electron chi connectivity index (χ1n) is 12.1. The van der Waals surface area contributed by atoms with Crippen molar-refractivity contribution in [2.45, 2.75) is 12.8 Å². The summed E-state index contributed by atoms with van der Waals surface area (Å²) >= 11 is 1.81. The molecular formula is C26H33N3O5S2. The molecule has 1 N–H and O–H groups in total. The number of rotatable bonds is 6. The van der Waals surface area contributed by atoms with Crippen LogP contribution in [0.5, 0.6) is 5.75 Å². The number of amides is 1. The number of carbonyl (C=O) groups is 1. The topological polar surface area (TPSA) is 90.4 Å². The summed E-state index contributed by atoms with van der Waals surface area (Å²) in [6.07, 6.45) is 2.63. The van der Waals surface area contributed by atoms with Gasteiger partial charge >= 0.3 is 0 Å². The smallest absolute Gasteiger partial charge is 0.261 e. The fourth-order valence-corrected chi connectivity index (χ4v) is 5.41. The number of carbonyl (C=O) groups excluding carboxylic acids is 1. The van der Waals surface area contributed by atoms with E-state index in [0.29, 0.717) is 12.9 Å². The highest BCUT2D eigenvalue weighted by molar-refractivity contribution is 7.85. The lowest BCUT2D eigenvalue weighted by atomic mass is 9.99. The Kier molecular flexibility index (Phi) is 8.50. The molecule has 1 fully saturated rings. The maximum Gasteiger partial charge on any atom is 0.261 e. The minimum Gasteiger partial charge on any atom is -0.494 e. The average molecular weight is 532 g/mol. The third kappa shape index (κ3) is 6.97. The second kappa shape index (κ2) is 11.6. The fraction of sp³-hybridized carbons (Fsp3) is 0.423. The Morgan fingerprint density at radius 3 is 2.56 bits per heavy atom. The van der Waals surface area contributed by atoms with Crippen molar-refractivity contribution in [1.82, 2.24) is 9.80 Å². The van der Waals surface area contributed by atoms with Crippen LogP contribution in [0.3, 0.4) is 0 Å². The van der Waals surface area contributed by atoms with Crippen molar-refractivity contribution in [2.75, 3.05) is 64.1 Å². The highest BCUT2D eigenvalue weighted by Gasteiger charge is 2.22. The van der Waals surface area contributed by atoms with Crippen LogP contribution in [0.25, 0.3) is 10.1 Å². The molecule has 0 spiro atoms. The van der Waals surface area contributed by atoms with Crippen LogP contribution in [0, 0.1) is 0 Å². The average Bonchev–Trinajstić information content (AvgIpc) is 3.33. The minimum atomic E-state index is -3.67. The summed E-state index contributed by atoms with van der Waals surface area (Å²) in [7, 11) is -1.81. The van der Waals surface area contributed by atoms with Crippen LogP contribution in [-0.4, -0.2) is 87.9 Å². The van der Waals surface area contributed by atoms with E-state index in [2.05, 4.69) is 39.4 Å². The van der Waals surface area contributed by atoms with Gasteiger partial charge in [0.1, 0.15) is 5.75 Å². The molecule has 0 bridgehead atoms. The van der Waals surface area contributed by atoms with E-state index >= 15 is 0 Å². The van der Waals surface area contributed by atoms with Gasteiger partial charge in [-0.3, -0.25) is 14.2 Å². The molecule has 5 rings (SSSR count). The summed E-state index contributed by atoms with van der Waals surface area (Å²) in [6.45, 7) is 6.81. The van der Waals surface area contributed by atoms with Gasteiger partial charge in [0, 0.05) is 67.7 Å². The molecule has 0 saturated carbocycles. The van der Waals surface area contributed by atoms with Crippen LogP contribution in [0.1, 0.15) is 22.3 Å². The maximum absolute atomic E-state index is 12.4. The molecule has 0 aliphatic carbocycles. The number of thiophene rings is 1. The molecule has 2 aliphatic heterocycles. The molecule has 3 heterocycles. The molecule has 194 valence electrons. The predicted molar refractivity (Wildman–Crippen MR) is 145 cm³/mol. The Morgan fingerprint density at radius 1 is 1.06 bits per heavy atom. The number of piperazine rings is 1. The summed E-state index contributed by atoms with van der Waals surface area (Å²) in [5.41, 5.74) is 3.30. The standard InChI is InChI=1S/C25H29N3O2S.CH4O3S/c1-26-11-8-19-6-7-20(18-22(19)25(26)29)30-16-3-10-27-12-14-28(15-13-27)23-4-2-5-24-21(23)9-17-31-24;1-5(2,3)4/h2,4-7,9,17-18H,3,8,10-16H2,1H3;1H3,(H,2,3,4). The predicted octanol–water partition coefficient (Wildman–Crippen LogP) is 3.62. The van der Waals surface area contributed by atoms with Gasteiger partial charge in [-0.25, -0.2) is 0 Å². The van der Waals surface area contributed by atoms with Gasteiger partial charge in [0.05, 0.1) is 12.9 Å². The Balaban J connectivity index is 0.000000556. The van der Waals surface area contributed by atoms with Crippen LogP contribution in [0.4, 0.5) is 5.69 Å². The number of hydrogen-bond donors (Lipinski definition) is 1. The molecule has 1 saturated heterocycles. The van der Waals surface area contributed by atoms with Gasteiger partial charge in [-0.15, -0.1) is 11.3 Å². The van der Waals surface area contributed by atoms with Gasteiger partial charge in [-0.2, -0.15) is 8.42 Å². The molecule has 36 heavy (non-hydrogen) atoms. The Bertz CT molecular complexity index is 1290. The van der Waals surface area contributed by atoms with E-state index in [1.54, 1.807) is 4.90 Å². The zero-order valence-corrected chi connectivity index (χ0v) is 22.4. The zero-order chi connectivity index (χ0) is 25.7. The second-order valence-corrected chi connectivity index (χ2v) is 11.6. The molecular weight excluding hydrogens is 498 g/mol. The van der Waals surface area contributed by atoms with Crippen molar-refractivity contribution in [3.05, 3.63) is 59.0 Å². The van der Waals surface area contributed by atoms with E-state index in [1.165, 1.54) is 15.8 Å². The summed E-state index contributed by atoms with van der Waals surface area (Å²) in [5.74, 6) is 0.902. The number of ether oxygens (including phenoxy) is 1. The van der Waals surface area contributed by atoms with Crippen molar-refractivity contribution in [2.24, 2.45) is 0 Å². The van der Waals surface area contributed by atoms with E-state index in [4.69, 9.17) is 9.29 Å². The lowest BCUT2D eigenvalue weighted by Crippen LogP contribution is -2.46. The molecule has 2 aliphatic rings. The highest BCUT2D eigenvalue weighted by Crippen LogP contribution is 2.31. The highest BCUT2D eigenvalue weighted by atomic mass is 32.2. The number of anilines is 1. The SMILES string of the molecule is CN1CCc2ccc(OCCCN3CCN(c4cccc5sccc45)CC3)cc2C1=O.CS(=O)(=O)O. The minimum absolute atomic E-state index is 0.0997. The van der Waals surface area contributed by atoms with Gasteiger partial charge in [0.2, 0.25) is 0 Å². The van der Waals surface area contributed by atoms with Gasteiger partial charge in [-0.05, 0) is 54.1 Å². The summed E-state index contributed by atoms with van der Waals surface area (Å²) in [5, 5.41) is 3.56. The van der Waals surface area contributed by atoms with E-state index in [-0.39, 0.29) is 5.91 Å². The number of fused-ring (bicyclic) bond motifs is 2. The van der Waals surface area contributed by atoms with Crippen molar-refractivity contribution in [3.63, 3.8) is 0 Å². The summed E-state index contributed by atoms with van der Waals surface area (Å²) in [4.78, 5) is 19.2. The molecule has 10 heteroatoms. The van der Waals surface area contributed by atoms with E-state index < -0.39 is 10.1 Å². The first-order valence-corrected chi connectivity index (χ1v) is 14.8. The second-order valence-electron chi connectivity index (χ2n) is 9.17. The summed E-state index contributed by atoms with van der Waals surface area (Å²) in [6, 6.07) is 14.8. The Hall–Kier alpha value is -2.66. The lowest BCUT2D eigenvalue weighted by molar-refractivity contribution is 0.0780. The number of nitrogens with zero attached hydrogens (tertiary/aromatic N) is 3. The van der Waals surface area contributed by atoms with Gasteiger partial charge in [0.25, 0.3) is 16.0 Å². The molecule has 1 aromatic heterocycles. The van der Waals surface area contributed by atoms with Crippen LogP contribution in [-0.2, 0) is 16.5 Å². The van der Waals surface area contributed by atoms with Gasteiger partial charge in [0.15, 0.2) is 0 Å². The van der Waals surface area contributed by atoms with Crippen molar-refractivity contribution in [3.8, 4) is 5.75 Å². The molecule has 1 amide bonds. The molecule has 2 aromatic carbocycles. The first kappa shape index (κ1) is 26.4.